The molecule has 0 aliphatic carbocycles. The Balaban J connectivity index is 1.83. The molecule has 4 nitrogen and oxygen atoms in total. The largest absolute Gasteiger partial charge is 0.508 e. The number of carbonyl (C=O) groups excluding carboxylic acids is 1. The quantitative estimate of drug-likeness (QED) is 0.573. The monoisotopic (exact) mass is 346 g/mol. The van der Waals surface area contributed by atoms with Crippen LogP contribution in [0.25, 0.3) is 10.8 Å². The molecule has 3 aromatic carbocycles. The van der Waals surface area contributed by atoms with Gasteiger partial charge >= 0.3 is 6.03 Å². The van der Waals surface area contributed by atoms with E-state index in [0.717, 1.165) is 10.8 Å². The molecule has 0 spiro atoms. The van der Waals surface area contributed by atoms with Crippen molar-refractivity contribution in [2.24, 2.45) is 0 Å². The highest BCUT2D eigenvalue weighted by Gasteiger charge is 2.09. The molecule has 116 valence electrons. The highest BCUT2D eigenvalue weighted by atomic mass is 35.5. The lowest BCUT2D eigenvalue weighted by molar-refractivity contribution is 0.262. The van der Waals surface area contributed by atoms with Crippen LogP contribution >= 0.6 is 23.2 Å². The molecular formula is C17H12Cl2N2O2. The molecule has 0 aliphatic heterocycles. The van der Waals surface area contributed by atoms with Gasteiger partial charge in [-0.2, -0.15) is 0 Å². The van der Waals surface area contributed by atoms with Crippen LogP contribution in [0.5, 0.6) is 5.75 Å². The molecule has 6 heteroatoms. The molecule has 3 N–H and O–H groups in total. The van der Waals surface area contributed by atoms with Gasteiger partial charge in [-0.3, -0.25) is 0 Å². The van der Waals surface area contributed by atoms with E-state index in [2.05, 4.69) is 10.6 Å². The van der Waals surface area contributed by atoms with Crippen molar-refractivity contribution in [3.8, 4) is 5.75 Å². The standard InChI is InChI=1S/C17H12Cl2N2O2/c18-11-4-7-16(14(19)9-11)21-17(23)20-15-3-1-2-10-8-12(22)5-6-13(10)15/h1-9,22H,(H2,20,21,23). The highest BCUT2D eigenvalue weighted by molar-refractivity contribution is 6.36. The maximum atomic E-state index is 12.2. The molecule has 0 aromatic heterocycles. The third-order valence-corrected chi connectivity index (χ3v) is 3.84. The zero-order valence-corrected chi connectivity index (χ0v) is 13.3. The number of hydrogen-bond donors (Lipinski definition) is 3. The summed E-state index contributed by atoms with van der Waals surface area (Å²) in [6.45, 7) is 0. The van der Waals surface area contributed by atoms with Crippen molar-refractivity contribution in [1.29, 1.82) is 0 Å². The van der Waals surface area contributed by atoms with Crippen LogP contribution in [0.3, 0.4) is 0 Å². The molecule has 0 aliphatic rings. The minimum Gasteiger partial charge on any atom is -0.508 e. The van der Waals surface area contributed by atoms with Crippen molar-refractivity contribution in [3.63, 3.8) is 0 Å². The number of fused-ring (bicyclic) bond motifs is 1. The van der Waals surface area contributed by atoms with Gasteiger partial charge in [-0.25, -0.2) is 4.79 Å². The lowest BCUT2D eigenvalue weighted by Gasteiger charge is -2.11. The Morgan fingerprint density at radius 3 is 2.48 bits per heavy atom. The maximum absolute atomic E-state index is 12.2. The molecule has 0 radical (unpaired) electrons. The Kier molecular flexibility index (Phi) is 4.28. The number of halogens is 2. The Morgan fingerprint density at radius 1 is 0.913 bits per heavy atom. The van der Waals surface area contributed by atoms with Crippen molar-refractivity contribution in [1.82, 2.24) is 0 Å². The second-order valence-electron chi connectivity index (χ2n) is 4.91. The van der Waals surface area contributed by atoms with Gasteiger partial charge in [-0.05, 0) is 47.9 Å². The van der Waals surface area contributed by atoms with Crippen LogP contribution in [0.4, 0.5) is 16.2 Å². The summed E-state index contributed by atoms with van der Waals surface area (Å²) in [5, 5.41) is 17.5. The molecule has 0 saturated heterocycles. The number of carbonyl (C=O) groups is 1. The summed E-state index contributed by atoms with van der Waals surface area (Å²) in [5.41, 5.74) is 1.09. The fourth-order valence-electron chi connectivity index (χ4n) is 2.25. The van der Waals surface area contributed by atoms with Gasteiger partial charge in [0.05, 0.1) is 16.4 Å². The summed E-state index contributed by atoms with van der Waals surface area (Å²) in [4.78, 5) is 12.2. The van der Waals surface area contributed by atoms with Crippen molar-refractivity contribution in [2.45, 2.75) is 0 Å². The number of nitrogens with one attached hydrogen (secondary N) is 2. The van der Waals surface area contributed by atoms with Crippen LogP contribution in [0.15, 0.2) is 54.6 Å². The van der Waals surface area contributed by atoms with Crippen LogP contribution in [-0.4, -0.2) is 11.1 Å². The predicted molar refractivity (Wildman–Crippen MR) is 94.7 cm³/mol. The summed E-state index contributed by atoms with van der Waals surface area (Å²) in [7, 11) is 0. The summed E-state index contributed by atoms with van der Waals surface area (Å²) in [6.07, 6.45) is 0. The van der Waals surface area contributed by atoms with Crippen molar-refractivity contribution in [3.05, 3.63) is 64.6 Å². The van der Waals surface area contributed by atoms with Gasteiger partial charge in [-0.15, -0.1) is 0 Å². The van der Waals surface area contributed by atoms with Gasteiger partial charge in [0.1, 0.15) is 5.75 Å². The topological polar surface area (TPSA) is 61.4 Å². The summed E-state index contributed by atoms with van der Waals surface area (Å²) in [5.74, 6) is 0.173. The molecule has 0 heterocycles. The number of anilines is 2. The highest BCUT2D eigenvalue weighted by Crippen LogP contribution is 2.28. The number of urea groups is 1. The van der Waals surface area contributed by atoms with Crippen LogP contribution in [0.1, 0.15) is 0 Å². The molecule has 0 atom stereocenters. The summed E-state index contributed by atoms with van der Waals surface area (Å²) >= 11 is 11.9. The molecule has 3 aromatic rings. The second kappa shape index (κ2) is 6.36. The van der Waals surface area contributed by atoms with E-state index in [0.29, 0.717) is 21.4 Å². The molecular weight excluding hydrogens is 335 g/mol. The molecule has 0 saturated carbocycles. The second-order valence-corrected chi connectivity index (χ2v) is 5.76. The normalized spacial score (nSPS) is 10.5. The molecule has 3 rings (SSSR count). The van der Waals surface area contributed by atoms with E-state index >= 15 is 0 Å². The Bertz CT molecular complexity index is 897. The first-order valence-corrected chi connectivity index (χ1v) is 7.53. The summed E-state index contributed by atoms with van der Waals surface area (Å²) in [6, 6.07) is 14.8. The van der Waals surface area contributed by atoms with E-state index < -0.39 is 6.03 Å². The van der Waals surface area contributed by atoms with Gasteiger partial charge in [-0.1, -0.05) is 35.3 Å². The number of phenolic OH excluding ortho intramolecular Hbond substituents is 1. The number of amides is 2. The Labute approximate surface area is 142 Å². The zero-order chi connectivity index (χ0) is 16.4. The minimum atomic E-state index is -0.421. The molecule has 23 heavy (non-hydrogen) atoms. The lowest BCUT2D eigenvalue weighted by Crippen LogP contribution is -2.19. The predicted octanol–water partition coefficient (Wildman–Crippen LogP) is 5.50. The average molecular weight is 347 g/mol. The van der Waals surface area contributed by atoms with Gasteiger partial charge in [0.25, 0.3) is 0 Å². The van der Waals surface area contributed by atoms with E-state index in [1.807, 2.05) is 6.07 Å². The third kappa shape index (κ3) is 3.50. The molecule has 0 unspecified atom stereocenters. The van der Waals surface area contributed by atoms with Gasteiger partial charge < -0.3 is 15.7 Å². The minimum absolute atomic E-state index is 0.173. The van der Waals surface area contributed by atoms with E-state index in [1.54, 1.807) is 48.5 Å². The Morgan fingerprint density at radius 2 is 1.70 bits per heavy atom. The number of phenols is 1. The third-order valence-electron chi connectivity index (χ3n) is 3.29. The maximum Gasteiger partial charge on any atom is 0.323 e. The van der Waals surface area contributed by atoms with E-state index in [4.69, 9.17) is 23.2 Å². The van der Waals surface area contributed by atoms with Gasteiger partial charge in [0.2, 0.25) is 0 Å². The first-order valence-electron chi connectivity index (χ1n) is 6.78. The van der Waals surface area contributed by atoms with Crippen LogP contribution in [0.2, 0.25) is 10.0 Å². The lowest BCUT2D eigenvalue weighted by atomic mass is 10.1. The van der Waals surface area contributed by atoms with Crippen LogP contribution < -0.4 is 10.6 Å². The smallest absolute Gasteiger partial charge is 0.323 e. The number of hydrogen-bond acceptors (Lipinski definition) is 2. The van der Waals surface area contributed by atoms with Gasteiger partial charge in [0, 0.05) is 10.4 Å². The summed E-state index contributed by atoms with van der Waals surface area (Å²) < 4.78 is 0. The molecule has 0 bridgehead atoms. The van der Waals surface area contributed by atoms with E-state index in [1.165, 1.54) is 0 Å². The van der Waals surface area contributed by atoms with Crippen molar-refractivity contribution in [2.75, 3.05) is 10.6 Å². The molecule has 2 amide bonds. The number of rotatable bonds is 2. The van der Waals surface area contributed by atoms with E-state index in [-0.39, 0.29) is 5.75 Å². The first-order chi connectivity index (χ1) is 11.0. The van der Waals surface area contributed by atoms with Crippen molar-refractivity contribution < 1.29 is 9.90 Å². The number of aromatic hydroxyl groups is 1. The van der Waals surface area contributed by atoms with E-state index in [9.17, 15) is 9.90 Å². The Hall–Kier alpha value is -2.43. The molecule has 0 fully saturated rings. The first kappa shape index (κ1) is 15.5. The number of benzene rings is 3. The van der Waals surface area contributed by atoms with Crippen LogP contribution in [0, 0.1) is 0 Å². The van der Waals surface area contributed by atoms with Crippen molar-refractivity contribution >= 4 is 51.4 Å². The zero-order valence-electron chi connectivity index (χ0n) is 11.8. The average Bonchev–Trinajstić information content (AvgIpc) is 2.50. The fourth-order valence-corrected chi connectivity index (χ4v) is 2.70. The van der Waals surface area contributed by atoms with Crippen LogP contribution in [-0.2, 0) is 0 Å². The SMILES string of the molecule is O=C(Nc1ccc(Cl)cc1Cl)Nc1cccc2cc(O)ccc12. The fraction of sp³-hybridized carbons (Fsp3) is 0. The van der Waals surface area contributed by atoms with Gasteiger partial charge in [0.15, 0.2) is 0 Å².